The van der Waals surface area contributed by atoms with E-state index in [4.69, 9.17) is 4.74 Å². The zero-order valence-electron chi connectivity index (χ0n) is 16.8. The molecule has 4 nitrogen and oxygen atoms in total. The van der Waals surface area contributed by atoms with Crippen molar-refractivity contribution in [1.29, 1.82) is 0 Å². The van der Waals surface area contributed by atoms with Crippen molar-refractivity contribution >= 4 is 5.97 Å². The molecule has 0 unspecified atom stereocenters. The molecule has 0 aliphatic carbocycles. The Kier molecular flexibility index (Phi) is 13.1. The summed E-state index contributed by atoms with van der Waals surface area (Å²) in [6, 6.07) is 0. The first-order chi connectivity index (χ1) is 12.7. The summed E-state index contributed by atoms with van der Waals surface area (Å²) < 4.78 is 4.90. The van der Waals surface area contributed by atoms with Crippen LogP contribution in [0.5, 0.6) is 0 Å². The van der Waals surface area contributed by atoms with Gasteiger partial charge in [0.15, 0.2) is 11.9 Å². The van der Waals surface area contributed by atoms with Gasteiger partial charge in [-0.25, -0.2) is 4.79 Å². The van der Waals surface area contributed by atoms with Gasteiger partial charge in [-0.1, -0.05) is 103 Å². The molecule has 152 valence electrons. The minimum absolute atomic E-state index is 0.295. The van der Waals surface area contributed by atoms with Crippen LogP contribution in [0.4, 0.5) is 0 Å². The molecule has 1 atom stereocenters. The van der Waals surface area contributed by atoms with Crippen LogP contribution in [-0.2, 0) is 9.53 Å². The summed E-state index contributed by atoms with van der Waals surface area (Å²) in [5, 5.41) is 18.8. The zero-order chi connectivity index (χ0) is 19.0. The summed E-state index contributed by atoms with van der Waals surface area (Å²) in [4.78, 5) is 11.1. The number of cyclic esters (lactones) is 1. The number of carbonyl (C=O) groups is 1. The minimum atomic E-state index is -0.802. The molecule has 1 aliphatic rings. The molecule has 0 saturated heterocycles. The molecule has 0 spiro atoms. The number of carbonyl (C=O) groups excluding carboxylic acids is 1. The van der Waals surface area contributed by atoms with Gasteiger partial charge < -0.3 is 14.9 Å². The van der Waals surface area contributed by atoms with Gasteiger partial charge in [-0.3, -0.25) is 0 Å². The van der Waals surface area contributed by atoms with Crippen molar-refractivity contribution in [1.82, 2.24) is 0 Å². The van der Waals surface area contributed by atoms with Crippen LogP contribution in [0.3, 0.4) is 0 Å². The fraction of sp³-hybridized carbons (Fsp3) is 0.864. The van der Waals surface area contributed by atoms with Gasteiger partial charge in [0.2, 0.25) is 5.76 Å². The van der Waals surface area contributed by atoms with Gasteiger partial charge in [0.05, 0.1) is 0 Å². The highest BCUT2D eigenvalue weighted by Gasteiger charge is 2.33. The molecule has 0 aromatic heterocycles. The summed E-state index contributed by atoms with van der Waals surface area (Å²) in [6.45, 7) is 2.27. The molecule has 0 radical (unpaired) electrons. The summed E-state index contributed by atoms with van der Waals surface area (Å²) in [5.74, 6) is -1.72. The van der Waals surface area contributed by atoms with Crippen LogP contribution < -0.4 is 0 Å². The summed E-state index contributed by atoms with van der Waals surface area (Å²) >= 11 is 0. The Hall–Kier alpha value is -1.19. The normalized spacial score (nSPS) is 17.1. The van der Waals surface area contributed by atoms with Gasteiger partial charge in [0.25, 0.3) is 0 Å². The first-order valence-corrected chi connectivity index (χ1v) is 11.0. The highest BCUT2D eigenvalue weighted by atomic mass is 16.6. The zero-order valence-corrected chi connectivity index (χ0v) is 16.8. The number of esters is 1. The van der Waals surface area contributed by atoms with Crippen molar-refractivity contribution in [3.05, 3.63) is 11.5 Å². The Labute approximate surface area is 160 Å². The highest BCUT2D eigenvalue weighted by Crippen LogP contribution is 2.23. The van der Waals surface area contributed by atoms with E-state index >= 15 is 0 Å². The molecule has 1 rings (SSSR count). The largest absolute Gasteiger partial charge is 0.505 e. The Bertz CT molecular complexity index is 403. The standard InChI is InChI=1S/C22H40O4/c1-2-3-4-5-6-7-8-9-10-11-12-13-14-15-16-17-18-19-20(23)21(24)22(25)26-19/h19,23-24H,2-18H2,1H3/t19-/m0/s1. The van der Waals surface area contributed by atoms with Crippen molar-refractivity contribution < 1.29 is 19.7 Å². The predicted octanol–water partition coefficient (Wildman–Crippen LogP) is 6.89. The molecule has 0 aromatic rings. The maximum absolute atomic E-state index is 11.1. The number of aliphatic hydroxyl groups is 2. The van der Waals surface area contributed by atoms with E-state index in [2.05, 4.69) is 6.92 Å². The average Bonchev–Trinajstić information content (AvgIpc) is 2.88. The molecular weight excluding hydrogens is 328 g/mol. The summed E-state index contributed by atoms with van der Waals surface area (Å²) in [6.07, 6.45) is 21.0. The number of rotatable bonds is 17. The Morgan fingerprint density at radius 1 is 0.692 bits per heavy atom. The summed E-state index contributed by atoms with van der Waals surface area (Å²) in [5.41, 5.74) is 0. The van der Waals surface area contributed by atoms with Crippen molar-refractivity contribution in [2.24, 2.45) is 0 Å². The van der Waals surface area contributed by atoms with Gasteiger partial charge in [-0.05, 0) is 12.8 Å². The lowest BCUT2D eigenvalue weighted by Crippen LogP contribution is -2.11. The molecule has 2 N–H and O–H groups in total. The second-order valence-electron chi connectivity index (χ2n) is 7.72. The van der Waals surface area contributed by atoms with Gasteiger partial charge >= 0.3 is 5.97 Å². The Morgan fingerprint density at radius 3 is 1.42 bits per heavy atom. The smallest absolute Gasteiger partial charge is 0.377 e. The quantitative estimate of drug-likeness (QED) is 0.217. The lowest BCUT2D eigenvalue weighted by molar-refractivity contribution is -0.142. The van der Waals surface area contributed by atoms with Crippen molar-refractivity contribution in [3.63, 3.8) is 0 Å². The lowest BCUT2D eigenvalue weighted by Gasteiger charge is -2.09. The second kappa shape index (κ2) is 14.9. The highest BCUT2D eigenvalue weighted by molar-refractivity contribution is 5.88. The van der Waals surface area contributed by atoms with Crippen LogP contribution in [0.1, 0.15) is 116 Å². The van der Waals surface area contributed by atoms with E-state index in [0.717, 1.165) is 12.8 Å². The predicted molar refractivity (Wildman–Crippen MR) is 106 cm³/mol. The fourth-order valence-electron chi connectivity index (χ4n) is 3.57. The van der Waals surface area contributed by atoms with E-state index in [1.54, 1.807) is 0 Å². The minimum Gasteiger partial charge on any atom is -0.505 e. The molecule has 26 heavy (non-hydrogen) atoms. The number of hydrogen-bond donors (Lipinski definition) is 2. The van der Waals surface area contributed by atoms with E-state index in [1.807, 2.05) is 0 Å². The third-order valence-corrected chi connectivity index (χ3v) is 5.31. The molecule has 0 fully saturated rings. The Balaban J connectivity index is 1.77. The van der Waals surface area contributed by atoms with Crippen LogP contribution in [0.25, 0.3) is 0 Å². The molecular formula is C22H40O4. The van der Waals surface area contributed by atoms with Gasteiger partial charge in [0, 0.05) is 0 Å². The van der Waals surface area contributed by atoms with Crippen molar-refractivity contribution in [3.8, 4) is 0 Å². The van der Waals surface area contributed by atoms with Gasteiger partial charge in [-0.15, -0.1) is 0 Å². The van der Waals surface area contributed by atoms with E-state index in [9.17, 15) is 15.0 Å². The molecule has 0 aromatic carbocycles. The molecule has 4 heteroatoms. The van der Waals surface area contributed by atoms with Crippen molar-refractivity contribution in [2.45, 2.75) is 122 Å². The Morgan fingerprint density at radius 2 is 1.08 bits per heavy atom. The van der Waals surface area contributed by atoms with E-state index in [1.165, 1.54) is 89.9 Å². The fourth-order valence-corrected chi connectivity index (χ4v) is 3.57. The second-order valence-corrected chi connectivity index (χ2v) is 7.72. The van der Waals surface area contributed by atoms with E-state index in [0.29, 0.717) is 6.42 Å². The third-order valence-electron chi connectivity index (χ3n) is 5.31. The average molecular weight is 369 g/mol. The first kappa shape index (κ1) is 22.9. The van der Waals surface area contributed by atoms with Crippen LogP contribution in [0.2, 0.25) is 0 Å². The van der Waals surface area contributed by atoms with Crippen molar-refractivity contribution in [2.75, 3.05) is 0 Å². The number of hydrogen-bond acceptors (Lipinski definition) is 4. The van der Waals surface area contributed by atoms with Crippen LogP contribution in [0, 0.1) is 0 Å². The van der Waals surface area contributed by atoms with Crippen LogP contribution >= 0.6 is 0 Å². The maximum Gasteiger partial charge on any atom is 0.377 e. The number of aliphatic hydroxyl groups excluding tert-OH is 2. The van der Waals surface area contributed by atoms with Gasteiger partial charge in [0.1, 0.15) is 0 Å². The molecule has 0 bridgehead atoms. The molecule has 0 amide bonds. The SMILES string of the molecule is CCCCCCCCCCCCCCCCCC[C@@H]1OC(=O)C(O)=C1O. The van der Waals surface area contributed by atoms with Gasteiger partial charge in [-0.2, -0.15) is 0 Å². The third kappa shape index (κ3) is 10.1. The molecule has 1 heterocycles. The molecule has 1 aliphatic heterocycles. The topological polar surface area (TPSA) is 66.8 Å². The monoisotopic (exact) mass is 368 g/mol. The number of unbranched alkanes of at least 4 members (excludes halogenated alkanes) is 15. The molecule has 0 saturated carbocycles. The first-order valence-electron chi connectivity index (χ1n) is 11.0. The van der Waals surface area contributed by atoms with E-state index in [-0.39, 0.29) is 5.76 Å². The number of ether oxygens (including phenoxy) is 1. The van der Waals surface area contributed by atoms with Crippen LogP contribution in [0.15, 0.2) is 11.5 Å². The summed E-state index contributed by atoms with van der Waals surface area (Å²) in [7, 11) is 0. The van der Waals surface area contributed by atoms with E-state index < -0.39 is 17.8 Å². The maximum atomic E-state index is 11.1. The lowest BCUT2D eigenvalue weighted by atomic mass is 10.0. The van der Waals surface area contributed by atoms with Crippen LogP contribution in [-0.4, -0.2) is 22.3 Å².